The summed E-state index contributed by atoms with van der Waals surface area (Å²) in [5.74, 6) is 2.48. The van der Waals surface area contributed by atoms with Crippen LogP contribution in [0.25, 0.3) is 22.4 Å². The third kappa shape index (κ3) is 7.26. The molecule has 37 heavy (non-hydrogen) atoms. The Balaban J connectivity index is 1.45. The number of nitrogens with zero attached hydrogens (tertiary/aromatic N) is 1. The molecule has 1 aromatic heterocycles. The Bertz CT molecular complexity index is 1250. The van der Waals surface area contributed by atoms with Crippen LogP contribution in [0.5, 0.6) is 17.2 Å². The van der Waals surface area contributed by atoms with Gasteiger partial charge in [-0.15, -0.1) is 0 Å². The fourth-order valence-corrected chi connectivity index (χ4v) is 4.09. The lowest BCUT2D eigenvalue weighted by atomic mass is 10.0. The Morgan fingerprint density at radius 3 is 2.05 bits per heavy atom. The Labute approximate surface area is 220 Å². The van der Waals surface area contributed by atoms with E-state index in [1.807, 2.05) is 68.6 Å². The second-order valence-corrected chi connectivity index (χ2v) is 8.74. The van der Waals surface area contributed by atoms with E-state index in [4.69, 9.17) is 14.2 Å². The van der Waals surface area contributed by atoms with Gasteiger partial charge in [-0.1, -0.05) is 31.9 Å². The van der Waals surface area contributed by atoms with Crippen LogP contribution in [-0.4, -0.2) is 24.8 Å². The Hall–Kier alpha value is -3.99. The van der Waals surface area contributed by atoms with E-state index in [9.17, 15) is 0 Å². The average Bonchev–Trinajstić information content (AvgIpc) is 2.93. The van der Waals surface area contributed by atoms with Crippen molar-refractivity contribution in [3.63, 3.8) is 0 Å². The van der Waals surface area contributed by atoms with Gasteiger partial charge in [0.1, 0.15) is 17.2 Å². The third-order valence-corrected chi connectivity index (χ3v) is 5.98. The average molecular weight is 497 g/mol. The number of hydrogen-bond acceptors (Lipinski definition) is 5. The van der Waals surface area contributed by atoms with Gasteiger partial charge in [0.25, 0.3) is 0 Å². The lowest BCUT2D eigenvalue weighted by molar-refractivity contribution is 0.306. The number of ether oxygens (including phenoxy) is 3. The van der Waals surface area contributed by atoms with Gasteiger partial charge in [-0.3, -0.25) is 4.98 Å². The fraction of sp³-hybridized carbons (Fsp3) is 0.281. The number of unbranched alkanes of at least 4 members (excludes halogenated alkanes) is 2. The van der Waals surface area contributed by atoms with E-state index in [0.717, 1.165) is 64.0 Å². The van der Waals surface area contributed by atoms with Crippen LogP contribution in [0, 0.1) is 0 Å². The highest BCUT2D eigenvalue weighted by Crippen LogP contribution is 2.34. The minimum absolute atomic E-state index is 0.575. The largest absolute Gasteiger partial charge is 0.494 e. The van der Waals surface area contributed by atoms with Crippen LogP contribution in [0.3, 0.4) is 0 Å². The highest BCUT2D eigenvalue weighted by atomic mass is 16.5. The molecule has 0 amide bonds. The summed E-state index contributed by atoms with van der Waals surface area (Å²) in [5, 5.41) is 3.46. The van der Waals surface area contributed by atoms with Crippen molar-refractivity contribution in [1.29, 1.82) is 0 Å². The summed E-state index contributed by atoms with van der Waals surface area (Å²) in [4.78, 5) is 4.62. The van der Waals surface area contributed by atoms with Crippen LogP contribution in [0.2, 0.25) is 0 Å². The van der Waals surface area contributed by atoms with Crippen molar-refractivity contribution in [3.8, 4) is 39.6 Å². The summed E-state index contributed by atoms with van der Waals surface area (Å²) in [6.07, 6.45) is 5.34. The van der Waals surface area contributed by atoms with Gasteiger partial charge in [-0.05, 0) is 92.1 Å². The van der Waals surface area contributed by atoms with E-state index in [1.165, 1.54) is 12.8 Å². The van der Waals surface area contributed by atoms with E-state index in [1.54, 1.807) is 0 Å². The van der Waals surface area contributed by atoms with Crippen molar-refractivity contribution in [2.75, 3.05) is 25.1 Å². The van der Waals surface area contributed by atoms with Gasteiger partial charge >= 0.3 is 0 Å². The first-order chi connectivity index (χ1) is 18.2. The summed E-state index contributed by atoms with van der Waals surface area (Å²) in [7, 11) is 0. The molecular formula is C32H36N2O3. The summed E-state index contributed by atoms with van der Waals surface area (Å²) < 4.78 is 17.4. The minimum atomic E-state index is 0.575. The van der Waals surface area contributed by atoms with Crippen LogP contribution in [-0.2, 0) is 0 Å². The van der Waals surface area contributed by atoms with Crippen molar-refractivity contribution >= 4 is 11.4 Å². The maximum atomic E-state index is 5.90. The molecule has 0 aliphatic carbocycles. The molecule has 1 heterocycles. The number of rotatable bonds is 13. The summed E-state index contributed by atoms with van der Waals surface area (Å²) in [6.45, 7) is 8.11. The van der Waals surface area contributed by atoms with Gasteiger partial charge in [0.05, 0.1) is 25.5 Å². The molecule has 4 rings (SSSR count). The number of aromatic nitrogens is 1. The van der Waals surface area contributed by atoms with E-state index >= 15 is 0 Å². The monoisotopic (exact) mass is 496 g/mol. The molecule has 4 aromatic rings. The molecule has 0 aliphatic rings. The minimum Gasteiger partial charge on any atom is -0.494 e. The van der Waals surface area contributed by atoms with Gasteiger partial charge in [0.2, 0.25) is 0 Å². The van der Waals surface area contributed by atoms with Crippen molar-refractivity contribution in [2.24, 2.45) is 0 Å². The molecule has 0 saturated heterocycles. The topological polar surface area (TPSA) is 52.6 Å². The predicted octanol–water partition coefficient (Wildman–Crippen LogP) is 8.53. The first-order valence-electron chi connectivity index (χ1n) is 13.2. The zero-order valence-corrected chi connectivity index (χ0v) is 22.0. The summed E-state index contributed by atoms with van der Waals surface area (Å²) in [6, 6.07) is 26.6. The fourth-order valence-electron chi connectivity index (χ4n) is 4.09. The highest BCUT2D eigenvalue weighted by Gasteiger charge is 2.11. The number of nitrogens with one attached hydrogen (secondary N) is 1. The molecule has 0 unspecified atom stereocenters. The van der Waals surface area contributed by atoms with Crippen LogP contribution in [0.1, 0.15) is 40.0 Å². The molecule has 0 fully saturated rings. The van der Waals surface area contributed by atoms with Crippen LogP contribution >= 0.6 is 0 Å². The smallest absolute Gasteiger partial charge is 0.132 e. The molecule has 0 saturated carbocycles. The molecule has 0 spiro atoms. The molecule has 5 heteroatoms. The molecule has 192 valence electrons. The Morgan fingerprint density at radius 1 is 0.649 bits per heavy atom. The number of hydrogen-bond donors (Lipinski definition) is 1. The van der Waals surface area contributed by atoms with Crippen LogP contribution in [0.4, 0.5) is 11.4 Å². The van der Waals surface area contributed by atoms with E-state index in [2.05, 4.69) is 47.6 Å². The molecule has 5 nitrogen and oxygen atoms in total. The molecule has 3 aromatic carbocycles. The Kier molecular flexibility index (Phi) is 9.41. The van der Waals surface area contributed by atoms with E-state index < -0.39 is 0 Å². The van der Waals surface area contributed by atoms with Gasteiger partial charge < -0.3 is 19.5 Å². The van der Waals surface area contributed by atoms with E-state index in [0.29, 0.717) is 13.2 Å². The van der Waals surface area contributed by atoms with Crippen LogP contribution in [0.15, 0.2) is 85.1 Å². The third-order valence-electron chi connectivity index (χ3n) is 5.98. The van der Waals surface area contributed by atoms with Gasteiger partial charge in [-0.2, -0.15) is 0 Å². The molecule has 0 atom stereocenters. The van der Waals surface area contributed by atoms with Crippen LogP contribution < -0.4 is 19.5 Å². The maximum absolute atomic E-state index is 5.90. The van der Waals surface area contributed by atoms with Gasteiger partial charge in [-0.25, -0.2) is 0 Å². The molecule has 0 radical (unpaired) electrons. The van der Waals surface area contributed by atoms with Crippen molar-refractivity contribution in [1.82, 2.24) is 4.98 Å². The maximum Gasteiger partial charge on any atom is 0.132 e. The predicted molar refractivity (Wildman–Crippen MR) is 152 cm³/mol. The zero-order valence-electron chi connectivity index (χ0n) is 22.0. The van der Waals surface area contributed by atoms with Crippen molar-refractivity contribution < 1.29 is 14.2 Å². The second-order valence-electron chi connectivity index (χ2n) is 8.74. The van der Waals surface area contributed by atoms with E-state index in [-0.39, 0.29) is 0 Å². The number of pyridine rings is 1. The summed E-state index contributed by atoms with van der Waals surface area (Å²) >= 11 is 0. The Morgan fingerprint density at radius 2 is 1.35 bits per heavy atom. The first kappa shape index (κ1) is 26.1. The standard InChI is InChI=1S/C32H36N2O3/c1-4-7-8-21-37-28-15-13-27(14-16-28)34-26-11-9-24(10-12-26)25-19-20-33-31(22-25)30-18-17-29(35-5-2)23-32(30)36-6-3/h9-20,22-23,34H,4-8,21H2,1-3H3. The normalized spacial score (nSPS) is 10.7. The molecule has 1 N–H and O–H groups in total. The SMILES string of the molecule is CCCCCOc1ccc(Nc2ccc(-c3ccnc(-c4ccc(OCC)cc4OCC)c3)cc2)cc1. The summed E-state index contributed by atoms with van der Waals surface area (Å²) in [5.41, 5.74) is 6.08. The first-order valence-corrected chi connectivity index (χ1v) is 13.2. The second kappa shape index (κ2) is 13.4. The van der Waals surface area contributed by atoms with Gasteiger partial charge in [0.15, 0.2) is 0 Å². The zero-order chi connectivity index (χ0) is 25.9. The number of anilines is 2. The number of benzene rings is 3. The molecule has 0 bridgehead atoms. The van der Waals surface area contributed by atoms with Gasteiger partial charge in [0, 0.05) is 29.2 Å². The van der Waals surface area contributed by atoms with Crippen molar-refractivity contribution in [3.05, 3.63) is 85.1 Å². The quantitative estimate of drug-likeness (QED) is 0.188. The lowest BCUT2D eigenvalue weighted by Crippen LogP contribution is -1.98. The van der Waals surface area contributed by atoms with Crippen molar-refractivity contribution in [2.45, 2.75) is 40.0 Å². The lowest BCUT2D eigenvalue weighted by Gasteiger charge is -2.13. The molecule has 0 aliphatic heterocycles. The molecular weight excluding hydrogens is 460 g/mol. The highest BCUT2D eigenvalue weighted by molar-refractivity contribution is 5.75.